The fourth-order valence-corrected chi connectivity index (χ4v) is 2.40. The number of esters is 1. The Balaban J connectivity index is 2.44. The number of halogens is 1. The number of hydrogen-bond donors (Lipinski definition) is 0. The van der Waals surface area contributed by atoms with E-state index in [-0.39, 0.29) is 18.2 Å². The lowest BCUT2D eigenvalue weighted by Gasteiger charge is -2.29. The van der Waals surface area contributed by atoms with Crippen molar-refractivity contribution in [3.8, 4) is 0 Å². The molecule has 0 bridgehead atoms. The maximum absolute atomic E-state index is 11.7. The molecule has 1 saturated carbocycles. The Bertz CT molecular complexity index is 214. The summed E-state index contributed by atoms with van der Waals surface area (Å²) in [5.41, 5.74) is 0. The summed E-state index contributed by atoms with van der Waals surface area (Å²) in [6, 6.07) is 0. The molecule has 1 aliphatic carbocycles. The molecule has 1 fully saturated rings. The molecule has 3 nitrogen and oxygen atoms in total. The molecule has 94 valence electrons. The van der Waals surface area contributed by atoms with Gasteiger partial charge >= 0.3 is 5.97 Å². The van der Waals surface area contributed by atoms with Crippen LogP contribution in [0.5, 0.6) is 0 Å². The van der Waals surface area contributed by atoms with Crippen molar-refractivity contribution in [2.45, 2.75) is 45.3 Å². The van der Waals surface area contributed by atoms with Gasteiger partial charge in [-0.2, -0.15) is 0 Å². The van der Waals surface area contributed by atoms with E-state index in [1.807, 2.05) is 6.92 Å². The number of methoxy groups -OCH3 is 1. The Kier molecular flexibility index (Phi) is 6.65. The Labute approximate surface area is 111 Å². The third-order valence-corrected chi connectivity index (χ3v) is 4.45. The van der Waals surface area contributed by atoms with Crippen molar-refractivity contribution in [1.29, 1.82) is 0 Å². The minimum absolute atomic E-state index is 0.0400. The van der Waals surface area contributed by atoms with Gasteiger partial charge in [0, 0.05) is 17.5 Å². The van der Waals surface area contributed by atoms with E-state index in [4.69, 9.17) is 9.47 Å². The summed E-state index contributed by atoms with van der Waals surface area (Å²) < 4.78 is 11.5. The molecule has 4 heteroatoms. The minimum Gasteiger partial charge on any atom is -0.435 e. The number of rotatable bonds is 5. The zero-order chi connectivity index (χ0) is 12.0. The molecule has 0 radical (unpaired) electrons. The van der Waals surface area contributed by atoms with Crippen LogP contribution in [0.25, 0.3) is 0 Å². The molecule has 0 heterocycles. The Morgan fingerprint density at radius 2 is 2.00 bits per heavy atom. The van der Waals surface area contributed by atoms with Crippen LogP contribution in [0.4, 0.5) is 0 Å². The van der Waals surface area contributed by atoms with E-state index in [2.05, 4.69) is 22.6 Å². The van der Waals surface area contributed by atoms with Crippen LogP contribution in [0.1, 0.15) is 39.0 Å². The van der Waals surface area contributed by atoms with Crippen LogP contribution < -0.4 is 0 Å². The summed E-state index contributed by atoms with van der Waals surface area (Å²) in [6.45, 7) is 1.89. The van der Waals surface area contributed by atoms with Gasteiger partial charge in [-0.15, -0.1) is 0 Å². The molecule has 0 spiro atoms. The van der Waals surface area contributed by atoms with E-state index in [0.29, 0.717) is 5.92 Å². The summed E-state index contributed by atoms with van der Waals surface area (Å²) in [5, 5.41) is 0. The molecular formula is C12H21IO3. The van der Waals surface area contributed by atoms with Gasteiger partial charge in [0.25, 0.3) is 0 Å². The minimum atomic E-state index is -0.335. The third-order valence-electron chi connectivity index (χ3n) is 3.13. The lowest BCUT2D eigenvalue weighted by molar-refractivity contribution is -0.190. The van der Waals surface area contributed by atoms with Gasteiger partial charge in [0.1, 0.15) is 0 Å². The second kappa shape index (κ2) is 7.48. The van der Waals surface area contributed by atoms with Gasteiger partial charge in [-0.3, -0.25) is 4.79 Å². The molecule has 0 aromatic rings. The van der Waals surface area contributed by atoms with E-state index in [9.17, 15) is 4.79 Å². The number of alkyl halides is 1. The summed E-state index contributed by atoms with van der Waals surface area (Å²) in [5.74, 6) is 0.220. The molecular weight excluding hydrogens is 319 g/mol. The average molecular weight is 340 g/mol. The highest BCUT2D eigenvalue weighted by molar-refractivity contribution is 14.1. The lowest BCUT2D eigenvalue weighted by atomic mass is 9.89. The second-order valence-corrected chi connectivity index (χ2v) is 5.38. The van der Waals surface area contributed by atoms with Crippen LogP contribution in [-0.4, -0.2) is 23.8 Å². The van der Waals surface area contributed by atoms with E-state index < -0.39 is 0 Å². The fraction of sp³-hybridized carbons (Fsp3) is 0.917. The van der Waals surface area contributed by atoms with Crippen molar-refractivity contribution in [2.75, 3.05) is 11.5 Å². The fourth-order valence-electron chi connectivity index (χ4n) is 2.04. The molecule has 2 atom stereocenters. The molecule has 0 aromatic heterocycles. The maximum Gasteiger partial charge on any atom is 0.311 e. The number of carbonyl (C=O) groups excluding carboxylic acids is 1. The first-order valence-corrected chi connectivity index (χ1v) is 7.50. The highest BCUT2D eigenvalue weighted by Crippen LogP contribution is 2.28. The van der Waals surface area contributed by atoms with Crippen LogP contribution in [0, 0.1) is 11.8 Å². The number of carbonyl (C=O) groups is 1. The molecule has 0 aromatic carbocycles. The third kappa shape index (κ3) is 4.20. The number of hydrogen-bond acceptors (Lipinski definition) is 3. The monoisotopic (exact) mass is 340 g/mol. The standard InChI is InChI=1S/C12H21IO3/c1-9(8-13)11(14)16-12(15-2)10-6-4-3-5-7-10/h9-10,12H,3-8H2,1-2H3. The van der Waals surface area contributed by atoms with Gasteiger partial charge in [0.15, 0.2) is 0 Å². The first-order valence-electron chi connectivity index (χ1n) is 5.98. The zero-order valence-corrected chi connectivity index (χ0v) is 12.2. The van der Waals surface area contributed by atoms with Crippen LogP contribution in [-0.2, 0) is 14.3 Å². The van der Waals surface area contributed by atoms with E-state index in [1.54, 1.807) is 7.11 Å². The quantitative estimate of drug-likeness (QED) is 0.334. The van der Waals surface area contributed by atoms with Crippen molar-refractivity contribution < 1.29 is 14.3 Å². The van der Waals surface area contributed by atoms with Crippen LogP contribution in [0.15, 0.2) is 0 Å². The molecule has 0 amide bonds. The Morgan fingerprint density at radius 1 is 1.38 bits per heavy atom. The van der Waals surface area contributed by atoms with E-state index in [1.165, 1.54) is 19.3 Å². The van der Waals surface area contributed by atoms with E-state index >= 15 is 0 Å². The molecule has 0 N–H and O–H groups in total. The SMILES string of the molecule is COC(OC(=O)C(C)CI)C1CCCCC1. The molecule has 1 aliphatic rings. The van der Waals surface area contributed by atoms with Crippen molar-refractivity contribution in [2.24, 2.45) is 11.8 Å². The average Bonchev–Trinajstić information content (AvgIpc) is 2.35. The zero-order valence-electron chi connectivity index (χ0n) is 10.1. The van der Waals surface area contributed by atoms with Crippen LogP contribution in [0.2, 0.25) is 0 Å². The van der Waals surface area contributed by atoms with E-state index in [0.717, 1.165) is 17.3 Å². The van der Waals surface area contributed by atoms with Gasteiger partial charge in [-0.1, -0.05) is 48.8 Å². The molecule has 2 unspecified atom stereocenters. The smallest absolute Gasteiger partial charge is 0.311 e. The number of ether oxygens (including phenoxy) is 2. The summed E-state index contributed by atoms with van der Waals surface area (Å²) >= 11 is 2.20. The summed E-state index contributed by atoms with van der Waals surface area (Å²) in [4.78, 5) is 11.7. The lowest BCUT2D eigenvalue weighted by Crippen LogP contribution is -2.32. The van der Waals surface area contributed by atoms with Crippen molar-refractivity contribution in [1.82, 2.24) is 0 Å². The Morgan fingerprint density at radius 3 is 2.50 bits per heavy atom. The highest BCUT2D eigenvalue weighted by Gasteiger charge is 2.28. The van der Waals surface area contributed by atoms with Crippen molar-refractivity contribution in [3.05, 3.63) is 0 Å². The van der Waals surface area contributed by atoms with Crippen LogP contribution >= 0.6 is 22.6 Å². The predicted molar refractivity (Wildman–Crippen MR) is 71.5 cm³/mol. The Hall–Kier alpha value is 0.160. The molecule has 1 rings (SSSR count). The van der Waals surface area contributed by atoms with Gasteiger partial charge in [0.2, 0.25) is 6.29 Å². The summed E-state index contributed by atoms with van der Waals surface area (Å²) in [6.07, 6.45) is 5.64. The summed E-state index contributed by atoms with van der Waals surface area (Å²) in [7, 11) is 1.63. The van der Waals surface area contributed by atoms with Crippen LogP contribution in [0.3, 0.4) is 0 Å². The second-order valence-electron chi connectivity index (χ2n) is 4.49. The predicted octanol–water partition coefficient (Wildman–Crippen LogP) is 3.15. The maximum atomic E-state index is 11.7. The first-order chi connectivity index (χ1) is 7.69. The van der Waals surface area contributed by atoms with Crippen molar-refractivity contribution >= 4 is 28.6 Å². The first kappa shape index (κ1) is 14.2. The van der Waals surface area contributed by atoms with Gasteiger partial charge in [-0.25, -0.2) is 0 Å². The van der Waals surface area contributed by atoms with Gasteiger partial charge in [-0.05, 0) is 12.8 Å². The van der Waals surface area contributed by atoms with Gasteiger partial charge in [0.05, 0.1) is 5.92 Å². The topological polar surface area (TPSA) is 35.5 Å². The largest absolute Gasteiger partial charge is 0.435 e. The molecule has 16 heavy (non-hydrogen) atoms. The molecule has 0 aliphatic heterocycles. The normalized spacial score (nSPS) is 21.4. The van der Waals surface area contributed by atoms with Gasteiger partial charge < -0.3 is 9.47 Å². The van der Waals surface area contributed by atoms with Crippen molar-refractivity contribution in [3.63, 3.8) is 0 Å². The molecule has 0 saturated heterocycles. The highest BCUT2D eigenvalue weighted by atomic mass is 127.